The molecule has 3 aromatic carbocycles. The average Bonchev–Trinajstić information content (AvgIpc) is 2.82. The van der Waals surface area contributed by atoms with Gasteiger partial charge < -0.3 is 9.47 Å². The first-order chi connectivity index (χ1) is 15.5. The van der Waals surface area contributed by atoms with Crippen LogP contribution in [-0.2, 0) is 4.79 Å². The monoisotopic (exact) mass is 440 g/mol. The predicted octanol–water partition coefficient (Wildman–Crippen LogP) is 6.66. The van der Waals surface area contributed by atoms with Crippen LogP contribution in [0, 0.1) is 23.4 Å². The Morgan fingerprint density at radius 2 is 1.53 bits per heavy atom. The molecule has 1 fully saturated rings. The molecule has 0 spiro atoms. The number of halogens is 3. The van der Waals surface area contributed by atoms with Gasteiger partial charge in [0, 0.05) is 5.56 Å². The van der Waals surface area contributed by atoms with Crippen molar-refractivity contribution in [3.8, 4) is 22.6 Å². The Morgan fingerprint density at radius 3 is 2.19 bits per heavy atom. The maximum Gasteiger partial charge on any atom is 0.314 e. The predicted molar refractivity (Wildman–Crippen MR) is 115 cm³/mol. The molecule has 166 valence electrons. The zero-order valence-electron chi connectivity index (χ0n) is 17.6. The molecular weight excluding hydrogens is 417 g/mol. The van der Waals surface area contributed by atoms with E-state index in [1.807, 2.05) is 6.07 Å². The third kappa shape index (κ3) is 4.49. The van der Waals surface area contributed by atoms with Gasteiger partial charge in [0.2, 0.25) is 5.82 Å². The maximum absolute atomic E-state index is 14.6. The van der Waals surface area contributed by atoms with E-state index >= 15 is 0 Å². The number of carbonyl (C=O) groups excluding carboxylic acids is 1. The van der Waals surface area contributed by atoms with Crippen molar-refractivity contribution in [1.82, 2.24) is 0 Å². The number of benzene rings is 3. The van der Waals surface area contributed by atoms with Gasteiger partial charge in [0.05, 0.1) is 13.0 Å². The lowest BCUT2D eigenvalue weighted by Crippen LogP contribution is -2.25. The first-order valence-corrected chi connectivity index (χ1v) is 10.6. The highest BCUT2D eigenvalue weighted by Crippen LogP contribution is 2.38. The summed E-state index contributed by atoms with van der Waals surface area (Å²) in [6.07, 6.45) is 2.41. The molecule has 0 atom stereocenters. The standard InChI is InChI=1S/C26H23F3O3/c1-31-22-13-11-19(15-21(22)27)16-7-9-18(10-8-16)26(30)32-23-14-12-20(24(28)25(23)29)17-5-3-2-4-6-17/h2-6,11-16,18H,7-10H2,1H3. The minimum absolute atomic E-state index is 0.107. The van der Waals surface area contributed by atoms with Crippen molar-refractivity contribution in [3.63, 3.8) is 0 Å². The van der Waals surface area contributed by atoms with Crippen LogP contribution in [0.15, 0.2) is 60.7 Å². The lowest BCUT2D eigenvalue weighted by molar-refractivity contribution is -0.140. The van der Waals surface area contributed by atoms with E-state index in [0.717, 1.165) is 5.56 Å². The van der Waals surface area contributed by atoms with Gasteiger partial charge in [-0.05, 0) is 67.0 Å². The van der Waals surface area contributed by atoms with E-state index in [1.54, 1.807) is 36.4 Å². The lowest BCUT2D eigenvalue weighted by Gasteiger charge is -2.27. The first kappa shape index (κ1) is 21.9. The quantitative estimate of drug-likeness (QED) is 0.329. The summed E-state index contributed by atoms with van der Waals surface area (Å²) in [5, 5.41) is 0. The largest absolute Gasteiger partial charge is 0.494 e. The molecule has 0 radical (unpaired) electrons. The number of esters is 1. The molecule has 6 heteroatoms. The van der Waals surface area contributed by atoms with Gasteiger partial charge in [-0.25, -0.2) is 8.78 Å². The van der Waals surface area contributed by atoms with E-state index in [0.29, 0.717) is 31.2 Å². The summed E-state index contributed by atoms with van der Waals surface area (Å²) in [6, 6.07) is 16.2. The molecule has 0 unspecified atom stereocenters. The summed E-state index contributed by atoms with van der Waals surface area (Å²) in [5.41, 5.74) is 1.50. The minimum atomic E-state index is -1.18. The fraction of sp³-hybridized carbons (Fsp3) is 0.269. The van der Waals surface area contributed by atoms with Crippen molar-refractivity contribution in [2.24, 2.45) is 5.92 Å². The Morgan fingerprint density at radius 1 is 0.844 bits per heavy atom. The highest BCUT2D eigenvalue weighted by Gasteiger charge is 2.30. The van der Waals surface area contributed by atoms with Gasteiger partial charge in [-0.15, -0.1) is 0 Å². The molecule has 3 nitrogen and oxygen atoms in total. The summed E-state index contributed by atoms with van der Waals surface area (Å²) in [7, 11) is 1.42. The van der Waals surface area contributed by atoms with Crippen LogP contribution in [0.25, 0.3) is 11.1 Å². The van der Waals surface area contributed by atoms with E-state index in [-0.39, 0.29) is 17.2 Å². The minimum Gasteiger partial charge on any atom is -0.494 e. The van der Waals surface area contributed by atoms with Gasteiger partial charge in [0.1, 0.15) is 0 Å². The highest BCUT2D eigenvalue weighted by molar-refractivity contribution is 5.76. The molecule has 0 aromatic heterocycles. The first-order valence-electron chi connectivity index (χ1n) is 10.6. The topological polar surface area (TPSA) is 35.5 Å². The molecule has 0 bridgehead atoms. The summed E-state index contributed by atoms with van der Waals surface area (Å²) in [6.45, 7) is 0. The summed E-state index contributed by atoms with van der Waals surface area (Å²) in [4.78, 5) is 12.6. The maximum atomic E-state index is 14.6. The zero-order valence-corrected chi connectivity index (χ0v) is 17.6. The number of rotatable bonds is 5. The molecule has 32 heavy (non-hydrogen) atoms. The number of methoxy groups -OCH3 is 1. The van der Waals surface area contributed by atoms with Crippen molar-refractivity contribution in [1.29, 1.82) is 0 Å². The second kappa shape index (κ2) is 9.47. The van der Waals surface area contributed by atoms with Crippen LogP contribution < -0.4 is 9.47 Å². The second-order valence-electron chi connectivity index (χ2n) is 7.97. The van der Waals surface area contributed by atoms with E-state index in [2.05, 4.69) is 0 Å². The summed E-state index contributed by atoms with van der Waals surface area (Å²) < 4.78 is 53.3. The Bertz CT molecular complexity index is 1110. The van der Waals surface area contributed by atoms with E-state index in [4.69, 9.17) is 9.47 Å². The van der Waals surface area contributed by atoms with E-state index in [9.17, 15) is 18.0 Å². The fourth-order valence-corrected chi connectivity index (χ4v) is 4.24. The van der Waals surface area contributed by atoms with Gasteiger partial charge in [-0.1, -0.05) is 36.4 Å². The molecule has 0 saturated heterocycles. The van der Waals surface area contributed by atoms with Crippen LogP contribution in [0.2, 0.25) is 0 Å². The molecule has 0 N–H and O–H groups in total. The molecule has 1 aliphatic rings. The van der Waals surface area contributed by atoms with Crippen LogP contribution in [-0.4, -0.2) is 13.1 Å². The van der Waals surface area contributed by atoms with Crippen molar-refractivity contribution in [3.05, 3.63) is 83.7 Å². The molecule has 1 aliphatic carbocycles. The number of ether oxygens (including phenoxy) is 2. The van der Waals surface area contributed by atoms with Crippen LogP contribution in [0.5, 0.6) is 11.5 Å². The molecule has 4 rings (SSSR count). The van der Waals surface area contributed by atoms with Gasteiger partial charge in [-0.3, -0.25) is 4.79 Å². The van der Waals surface area contributed by atoms with Crippen molar-refractivity contribution in [2.75, 3.05) is 7.11 Å². The SMILES string of the molecule is COc1ccc(C2CCC(C(=O)Oc3ccc(-c4ccccc4)c(F)c3F)CC2)cc1F. The van der Waals surface area contributed by atoms with Crippen molar-refractivity contribution < 1.29 is 27.4 Å². The third-order valence-electron chi connectivity index (χ3n) is 6.05. The van der Waals surface area contributed by atoms with Gasteiger partial charge >= 0.3 is 5.97 Å². The van der Waals surface area contributed by atoms with Crippen LogP contribution >= 0.6 is 0 Å². The van der Waals surface area contributed by atoms with E-state index < -0.39 is 35.1 Å². The lowest BCUT2D eigenvalue weighted by atomic mass is 9.78. The number of hydrogen-bond acceptors (Lipinski definition) is 3. The van der Waals surface area contributed by atoms with Crippen molar-refractivity contribution >= 4 is 5.97 Å². The summed E-state index contributed by atoms with van der Waals surface area (Å²) in [5.74, 6) is -3.72. The summed E-state index contributed by atoms with van der Waals surface area (Å²) >= 11 is 0. The zero-order chi connectivity index (χ0) is 22.7. The van der Waals surface area contributed by atoms with Crippen LogP contribution in [0.3, 0.4) is 0 Å². The Balaban J connectivity index is 1.40. The molecule has 0 aliphatic heterocycles. The molecule has 1 saturated carbocycles. The molecule has 0 amide bonds. The number of carbonyl (C=O) groups is 1. The molecule has 0 heterocycles. The molecular formula is C26H23F3O3. The smallest absolute Gasteiger partial charge is 0.314 e. The third-order valence-corrected chi connectivity index (χ3v) is 6.05. The van der Waals surface area contributed by atoms with Crippen LogP contribution in [0.4, 0.5) is 13.2 Å². The van der Waals surface area contributed by atoms with Gasteiger partial charge in [0.15, 0.2) is 23.1 Å². The Kier molecular flexibility index (Phi) is 6.49. The molecule has 3 aromatic rings. The average molecular weight is 440 g/mol. The van der Waals surface area contributed by atoms with Crippen LogP contribution in [0.1, 0.15) is 37.2 Å². The second-order valence-corrected chi connectivity index (χ2v) is 7.97. The fourth-order valence-electron chi connectivity index (χ4n) is 4.24. The van der Waals surface area contributed by atoms with Gasteiger partial charge in [0.25, 0.3) is 0 Å². The number of hydrogen-bond donors (Lipinski definition) is 0. The Labute approximate surface area is 184 Å². The van der Waals surface area contributed by atoms with Gasteiger partial charge in [-0.2, -0.15) is 4.39 Å². The van der Waals surface area contributed by atoms with Crippen molar-refractivity contribution in [2.45, 2.75) is 31.6 Å². The van der Waals surface area contributed by atoms with E-state index in [1.165, 1.54) is 25.3 Å². The normalized spacial score (nSPS) is 18.2. The Hall–Kier alpha value is -3.28. The highest BCUT2D eigenvalue weighted by atomic mass is 19.2.